The second-order valence-corrected chi connectivity index (χ2v) is 6.06. The number of amides is 1. The van der Waals surface area contributed by atoms with Crippen LogP contribution < -0.4 is 5.32 Å². The highest BCUT2D eigenvalue weighted by Crippen LogP contribution is 2.10. The van der Waals surface area contributed by atoms with Gasteiger partial charge in [-0.25, -0.2) is 0 Å². The van der Waals surface area contributed by atoms with E-state index in [2.05, 4.69) is 29.0 Å². The average Bonchev–Trinajstić information content (AvgIpc) is 2.52. The van der Waals surface area contributed by atoms with Crippen LogP contribution in [0.1, 0.15) is 36.6 Å². The third-order valence-corrected chi connectivity index (χ3v) is 4.29. The zero-order valence-corrected chi connectivity index (χ0v) is 13.9. The summed E-state index contributed by atoms with van der Waals surface area (Å²) in [6.45, 7) is 10.3. The predicted octanol–water partition coefficient (Wildman–Crippen LogP) is 1.82. The van der Waals surface area contributed by atoms with Crippen LogP contribution in [0.2, 0.25) is 0 Å². The van der Waals surface area contributed by atoms with Crippen molar-refractivity contribution in [1.82, 2.24) is 15.2 Å². The molecule has 0 unspecified atom stereocenters. The topological polar surface area (TPSA) is 54.5 Å². The monoisotopic (exact) mass is 305 g/mol. The number of hydrogen-bond donors (Lipinski definition) is 1. The Balaban J connectivity index is 1.71. The quantitative estimate of drug-likeness (QED) is 0.871. The number of nitrogens with one attached hydrogen (secondary N) is 1. The van der Waals surface area contributed by atoms with E-state index in [9.17, 15) is 4.79 Å². The van der Waals surface area contributed by atoms with E-state index in [0.717, 1.165) is 44.0 Å². The van der Waals surface area contributed by atoms with Crippen LogP contribution in [0, 0.1) is 13.8 Å². The first-order chi connectivity index (χ1) is 10.6. The smallest absolute Gasteiger partial charge is 0.220 e. The second kappa shape index (κ2) is 8.25. The molecule has 1 aliphatic rings. The van der Waals surface area contributed by atoms with Crippen molar-refractivity contribution >= 4 is 5.91 Å². The van der Waals surface area contributed by atoms with Gasteiger partial charge in [0.25, 0.3) is 0 Å². The van der Waals surface area contributed by atoms with Gasteiger partial charge >= 0.3 is 0 Å². The van der Waals surface area contributed by atoms with E-state index in [0.29, 0.717) is 19.0 Å². The lowest BCUT2D eigenvalue weighted by atomic mass is 10.1. The number of aryl methyl sites for hydroxylation is 2. The second-order valence-electron chi connectivity index (χ2n) is 6.06. The maximum atomic E-state index is 12.0. The largest absolute Gasteiger partial charge is 0.379 e. The van der Waals surface area contributed by atoms with E-state index < -0.39 is 0 Å². The van der Waals surface area contributed by atoms with Crippen LogP contribution in [0.5, 0.6) is 0 Å². The van der Waals surface area contributed by atoms with Crippen molar-refractivity contribution < 1.29 is 9.53 Å². The molecule has 1 aromatic heterocycles. The summed E-state index contributed by atoms with van der Waals surface area (Å²) in [7, 11) is 0. The number of rotatable bonds is 6. The van der Waals surface area contributed by atoms with Crippen molar-refractivity contribution in [2.24, 2.45) is 0 Å². The van der Waals surface area contributed by atoms with Crippen LogP contribution in [0.15, 0.2) is 12.3 Å². The fraction of sp³-hybridized carbons (Fsp3) is 0.647. The van der Waals surface area contributed by atoms with Crippen molar-refractivity contribution in [3.05, 3.63) is 29.1 Å². The molecule has 5 nitrogen and oxygen atoms in total. The minimum atomic E-state index is 0.111. The number of morpholine rings is 1. The zero-order valence-electron chi connectivity index (χ0n) is 13.9. The van der Waals surface area contributed by atoms with Crippen LogP contribution in [-0.2, 0) is 16.1 Å². The normalized spacial score (nSPS) is 17.2. The maximum absolute atomic E-state index is 12.0. The van der Waals surface area contributed by atoms with Gasteiger partial charge in [0.2, 0.25) is 5.91 Å². The van der Waals surface area contributed by atoms with E-state index in [1.165, 1.54) is 5.56 Å². The van der Waals surface area contributed by atoms with Gasteiger partial charge in [-0.3, -0.25) is 14.7 Å². The molecule has 0 bridgehead atoms. The molecule has 0 radical (unpaired) electrons. The van der Waals surface area contributed by atoms with Crippen molar-refractivity contribution in [3.63, 3.8) is 0 Å². The number of hydrogen-bond acceptors (Lipinski definition) is 4. The Morgan fingerprint density at radius 3 is 2.82 bits per heavy atom. The van der Waals surface area contributed by atoms with Crippen LogP contribution in [-0.4, -0.2) is 48.1 Å². The molecule has 5 heteroatoms. The third kappa shape index (κ3) is 5.07. The summed E-state index contributed by atoms with van der Waals surface area (Å²) in [6.07, 6.45) is 3.30. The Bertz CT molecular complexity index is 499. The molecule has 1 saturated heterocycles. The molecule has 0 spiro atoms. The SMILES string of the molecule is Cc1cc(C)c(CNC(=O)CC[C@@H](C)N2CCOCC2)cn1. The molecule has 1 amide bonds. The van der Waals surface area contributed by atoms with Gasteiger partial charge < -0.3 is 10.1 Å². The van der Waals surface area contributed by atoms with Crippen LogP contribution in [0.4, 0.5) is 0 Å². The lowest BCUT2D eigenvalue weighted by molar-refractivity contribution is -0.121. The summed E-state index contributed by atoms with van der Waals surface area (Å²) < 4.78 is 5.36. The fourth-order valence-corrected chi connectivity index (χ4v) is 2.73. The minimum absolute atomic E-state index is 0.111. The van der Waals surface area contributed by atoms with Gasteiger partial charge in [-0.1, -0.05) is 0 Å². The Kier molecular flexibility index (Phi) is 6.34. The summed E-state index contributed by atoms with van der Waals surface area (Å²) in [4.78, 5) is 18.7. The first-order valence-corrected chi connectivity index (χ1v) is 8.07. The zero-order chi connectivity index (χ0) is 15.9. The van der Waals surface area contributed by atoms with Crippen molar-refractivity contribution in [2.75, 3.05) is 26.3 Å². The lowest BCUT2D eigenvalue weighted by Crippen LogP contribution is -2.42. The van der Waals surface area contributed by atoms with Gasteiger partial charge in [0.1, 0.15) is 0 Å². The summed E-state index contributed by atoms with van der Waals surface area (Å²) in [5, 5.41) is 3.00. The number of ether oxygens (including phenoxy) is 1. The molecule has 1 aliphatic heterocycles. The summed E-state index contributed by atoms with van der Waals surface area (Å²) in [5.74, 6) is 0.111. The molecule has 2 heterocycles. The number of aromatic nitrogens is 1. The molecule has 0 saturated carbocycles. The van der Waals surface area contributed by atoms with Crippen LogP contribution >= 0.6 is 0 Å². The Hall–Kier alpha value is -1.46. The Labute approximate surface area is 133 Å². The molecule has 1 aromatic rings. The van der Waals surface area contributed by atoms with Crippen molar-refractivity contribution in [3.8, 4) is 0 Å². The van der Waals surface area contributed by atoms with Crippen molar-refractivity contribution in [2.45, 2.75) is 46.2 Å². The average molecular weight is 305 g/mol. The molecule has 2 rings (SSSR count). The lowest BCUT2D eigenvalue weighted by Gasteiger charge is -2.32. The van der Waals surface area contributed by atoms with Gasteiger partial charge in [0.15, 0.2) is 0 Å². The van der Waals surface area contributed by atoms with Gasteiger partial charge in [0, 0.05) is 44.0 Å². The molecule has 22 heavy (non-hydrogen) atoms. The van der Waals surface area contributed by atoms with Crippen molar-refractivity contribution in [1.29, 1.82) is 0 Å². The standard InChI is InChI=1S/C17H27N3O2/c1-13-10-14(2)18-11-16(13)12-19-17(21)5-4-15(3)20-6-8-22-9-7-20/h10-11,15H,4-9,12H2,1-3H3,(H,19,21)/t15-/m1/s1. The van der Waals surface area contributed by atoms with Crippen LogP contribution in [0.3, 0.4) is 0 Å². The van der Waals surface area contributed by atoms with Gasteiger partial charge in [-0.2, -0.15) is 0 Å². The van der Waals surface area contributed by atoms with Gasteiger partial charge in [0.05, 0.1) is 13.2 Å². The molecular weight excluding hydrogens is 278 g/mol. The minimum Gasteiger partial charge on any atom is -0.379 e. The number of nitrogens with zero attached hydrogens (tertiary/aromatic N) is 2. The summed E-state index contributed by atoms with van der Waals surface area (Å²) in [5.41, 5.74) is 3.27. The van der Waals surface area contributed by atoms with E-state index in [1.807, 2.05) is 19.2 Å². The Morgan fingerprint density at radius 2 is 2.14 bits per heavy atom. The number of pyridine rings is 1. The number of carbonyl (C=O) groups excluding carboxylic acids is 1. The molecule has 0 aliphatic carbocycles. The molecule has 1 atom stereocenters. The Morgan fingerprint density at radius 1 is 1.41 bits per heavy atom. The van der Waals surface area contributed by atoms with E-state index in [-0.39, 0.29) is 5.91 Å². The van der Waals surface area contributed by atoms with Gasteiger partial charge in [-0.15, -0.1) is 0 Å². The summed E-state index contributed by atoms with van der Waals surface area (Å²) >= 11 is 0. The summed E-state index contributed by atoms with van der Waals surface area (Å²) in [6, 6.07) is 2.47. The maximum Gasteiger partial charge on any atom is 0.220 e. The first-order valence-electron chi connectivity index (χ1n) is 8.07. The highest BCUT2D eigenvalue weighted by atomic mass is 16.5. The van der Waals surface area contributed by atoms with E-state index in [4.69, 9.17) is 4.74 Å². The molecular formula is C17H27N3O2. The first kappa shape index (κ1) is 16.9. The predicted molar refractivity (Wildman–Crippen MR) is 86.6 cm³/mol. The molecule has 1 N–H and O–H groups in total. The molecule has 122 valence electrons. The molecule has 1 fully saturated rings. The highest BCUT2D eigenvalue weighted by Gasteiger charge is 2.17. The fourth-order valence-electron chi connectivity index (χ4n) is 2.73. The van der Waals surface area contributed by atoms with Crippen LogP contribution in [0.25, 0.3) is 0 Å². The highest BCUT2D eigenvalue weighted by molar-refractivity contribution is 5.75. The molecule has 0 aromatic carbocycles. The van der Waals surface area contributed by atoms with E-state index in [1.54, 1.807) is 0 Å². The third-order valence-electron chi connectivity index (χ3n) is 4.29. The van der Waals surface area contributed by atoms with Gasteiger partial charge in [-0.05, 0) is 44.4 Å². The number of carbonyl (C=O) groups is 1. The van der Waals surface area contributed by atoms with E-state index >= 15 is 0 Å².